The zero-order valence-electron chi connectivity index (χ0n) is 28.0. The van der Waals surface area contributed by atoms with E-state index in [0.717, 1.165) is 20.8 Å². The molecule has 7 N–H and O–H groups in total. The molecule has 2 rings (SSSR count). The number of fused-ring (bicyclic) bond motifs is 3. The van der Waals surface area contributed by atoms with Crippen molar-refractivity contribution in [3.63, 3.8) is 0 Å². The van der Waals surface area contributed by atoms with Crippen molar-refractivity contribution in [1.29, 1.82) is 0 Å². The van der Waals surface area contributed by atoms with Gasteiger partial charge in [-0.05, 0) is 32.1 Å². The summed E-state index contributed by atoms with van der Waals surface area (Å²) in [6.07, 6.45) is -1.57. The Morgan fingerprint density at radius 2 is 1.41 bits per heavy atom. The van der Waals surface area contributed by atoms with Crippen LogP contribution in [0, 0.1) is 5.92 Å². The number of hydrogen-bond donors (Lipinski definition) is 7. The molecule has 2 bridgehead atoms. The van der Waals surface area contributed by atoms with E-state index in [1.165, 1.54) is 0 Å². The maximum atomic E-state index is 13.9. The van der Waals surface area contributed by atoms with Crippen molar-refractivity contribution in [2.24, 2.45) is 5.92 Å². The van der Waals surface area contributed by atoms with Crippen LogP contribution in [0.2, 0.25) is 0 Å². The minimum Gasteiger partial charge on any atom is -0.349 e. The first-order valence-corrected chi connectivity index (χ1v) is 16.1. The molecule has 7 amide bonds. The first-order chi connectivity index (χ1) is 22.9. The molecule has 49 heavy (non-hydrogen) atoms. The first-order valence-electron chi connectivity index (χ1n) is 16.1. The number of ketones is 2. The largest absolute Gasteiger partial charge is 0.349 e. The Morgan fingerprint density at radius 1 is 0.776 bits per heavy atom. The van der Waals surface area contributed by atoms with Crippen LogP contribution < -0.4 is 21.3 Å². The highest BCUT2D eigenvalue weighted by Crippen LogP contribution is 2.34. The number of hydrogen-bond acceptors (Lipinski definition) is 12. The summed E-state index contributed by atoms with van der Waals surface area (Å²) in [5, 5.41) is 42.0. The lowest BCUT2D eigenvalue weighted by Gasteiger charge is -2.42. The summed E-state index contributed by atoms with van der Waals surface area (Å²) >= 11 is 0. The van der Waals surface area contributed by atoms with Gasteiger partial charge < -0.3 is 21.3 Å². The molecule has 0 aromatic heterocycles. The van der Waals surface area contributed by atoms with Crippen LogP contribution >= 0.6 is 0 Å². The summed E-state index contributed by atoms with van der Waals surface area (Å²) in [6.45, 7) is 1.73. The standard InChI is InChI=1S/C30H47N7O12/c1-18(38)35(47)12-5-7-24-28(45)32-16-22(41)8-9-26(43)31-17-23(42)14-21-6-4-10-30(37(49)20(3)40,11-13-36(48)19(2)39)15-25(29(46)33-24)34-27(21)44/h21,24-25,47-49H,4-17H2,1-3H3,(H,31,43)(H,32,45)(H,33,46)(H,34,44). The quantitative estimate of drug-likeness (QED) is 0.111. The lowest BCUT2D eigenvalue weighted by Crippen LogP contribution is -2.59. The fraction of sp³-hybridized carbons (Fsp3) is 0.700. The van der Waals surface area contributed by atoms with E-state index in [0.29, 0.717) is 15.2 Å². The molecule has 2 fully saturated rings. The molecule has 274 valence electrons. The number of amides is 7. The zero-order valence-corrected chi connectivity index (χ0v) is 28.0. The van der Waals surface area contributed by atoms with Crippen LogP contribution in [-0.4, -0.2) is 128 Å². The van der Waals surface area contributed by atoms with Gasteiger partial charge in [-0.1, -0.05) is 6.42 Å². The van der Waals surface area contributed by atoms with Crippen LogP contribution in [0.25, 0.3) is 0 Å². The minimum atomic E-state index is -1.65. The van der Waals surface area contributed by atoms with Crippen molar-refractivity contribution in [2.75, 3.05) is 26.2 Å². The second kappa shape index (κ2) is 18.9. The third kappa shape index (κ3) is 12.8. The number of carbonyl (C=O) groups excluding carboxylic acids is 9. The van der Waals surface area contributed by atoms with Crippen molar-refractivity contribution in [3.05, 3.63) is 0 Å². The predicted octanol–water partition coefficient (Wildman–Crippen LogP) is -1.68. The molecule has 2 aliphatic heterocycles. The zero-order chi connectivity index (χ0) is 36.9. The molecule has 0 saturated carbocycles. The van der Waals surface area contributed by atoms with E-state index in [1.807, 2.05) is 0 Å². The number of hydroxylamine groups is 6. The number of nitrogens with one attached hydrogen (secondary N) is 4. The molecular formula is C30H47N7O12. The highest BCUT2D eigenvalue weighted by molar-refractivity contribution is 5.96. The molecular weight excluding hydrogens is 650 g/mol. The van der Waals surface area contributed by atoms with E-state index in [2.05, 4.69) is 21.3 Å². The molecule has 19 heteroatoms. The van der Waals surface area contributed by atoms with Gasteiger partial charge in [0.25, 0.3) is 0 Å². The van der Waals surface area contributed by atoms with Gasteiger partial charge >= 0.3 is 0 Å². The van der Waals surface area contributed by atoms with Gasteiger partial charge in [0.15, 0.2) is 11.6 Å². The fourth-order valence-electron chi connectivity index (χ4n) is 5.74. The SMILES string of the molecule is CC(=O)N(O)CCCC1NC(=O)C2CC(CCN(O)C(C)=O)(N(O)C(C)=O)CCCC(CC(=O)CNC(=O)CCC(=O)CNC1=O)C(=O)N2. The second-order valence-corrected chi connectivity index (χ2v) is 12.4. The van der Waals surface area contributed by atoms with Gasteiger partial charge in [0.2, 0.25) is 41.4 Å². The minimum absolute atomic E-state index is 0.000150. The highest BCUT2D eigenvalue weighted by atomic mass is 16.5. The van der Waals surface area contributed by atoms with Crippen LogP contribution in [0.4, 0.5) is 0 Å². The summed E-state index contributed by atoms with van der Waals surface area (Å²) < 4.78 is 0. The van der Waals surface area contributed by atoms with E-state index < -0.39 is 96.0 Å². The highest BCUT2D eigenvalue weighted by Gasteiger charge is 2.45. The normalized spacial score (nSPS) is 24.8. The first kappa shape index (κ1) is 40.7. The second-order valence-electron chi connectivity index (χ2n) is 12.4. The van der Waals surface area contributed by atoms with Gasteiger partial charge in [0.05, 0.1) is 25.2 Å². The van der Waals surface area contributed by atoms with Gasteiger partial charge in [0.1, 0.15) is 12.1 Å². The molecule has 0 aromatic rings. The van der Waals surface area contributed by atoms with E-state index in [-0.39, 0.29) is 70.9 Å². The third-order valence-corrected chi connectivity index (χ3v) is 8.59. The topological polar surface area (TPSA) is 272 Å². The van der Waals surface area contributed by atoms with Crippen LogP contribution in [0.15, 0.2) is 0 Å². The van der Waals surface area contributed by atoms with Crippen LogP contribution in [0.1, 0.15) is 85.0 Å². The molecule has 0 radical (unpaired) electrons. The number of nitrogens with zero attached hydrogens (tertiary/aromatic N) is 3. The molecule has 0 spiro atoms. The summed E-state index contributed by atoms with van der Waals surface area (Å²) in [5.41, 5.74) is -1.65. The molecule has 2 saturated heterocycles. The summed E-state index contributed by atoms with van der Waals surface area (Å²) in [7, 11) is 0. The van der Waals surface area contributed by atoms with E-state index >= 15 is 0 Å². The molecule has 4 atom stereocenters. The van der Waals surface area contributed by atoms with Gasteiger partial charge in [-0.15, -0.1) is 0 Å². The lowest BCUT2D eigenvalue weighted by molar-refractivity contribution is -0.203. The summed E-state index contributed by atoms with van der Waals surface area (Å²) in [5.74, 6) is -7.37. The Kier molecular flexibility index (Phi) is 15.7. The van der Waals surface area contributed by atoms with Crippen molar-refractivity contribution >= 4 is 52.9 Å². The number of carbonyl (C=O) groups is 9. The van der Waals surface area contributed by atoms with E-state index in [4.69, 9.17) is 0 Å². The average molecular weight is 698 g/mol. The Morgan fingerprint density at radius 3 is 2.04 bits per heavy atom. The van der Waals surface area contributed by atoms with E-state index in [9.17, 15) is 58.8 Å². The molecule has 4 unspecified atom stereocenters. The Bertz CT molecular complexity index is 1290. The Hall–Kier alpha value is -4.49. The maximum absolute atomic E-state index is 13.9. The van der Waals surface area contributed by atoms with Crippen molar-refractivity contribution in [2.45, 2.75) is 103 Å². The molecule has 2 aliphatic rings. The third-order valence-electron chi connectivity index (χ3n) is 8.59. The van der Waals surface area contributed by atoms with Crippen molar-refractivity contribution in [1.82, 2.24) is 36.5 Å². The van der Waals surface area contributed by atoms with Gasteiger partial charge in [-0.25, -0.2) is 15.2 Å². The molecule has 0 aromatic carbocycles. The summed E-state index contributed by atoms with van der Waals surface area (Å²) in [6, 6.07) is -2.92. The number of rotatable bonds is 8. The predicted molar refractivity (Wildman–Crippen MR) is 165 cm³/mol. The van der Waals surface area contributed by atoms with Gasteiger partial charge in [0, 0.05) is 58.9 Å². The smallest absolute Gasteiger partial charge is 0.243 e. The van der Waals surface area contributed by atoms with E-state index in [1.54, 1.807) is 0 Å². The maximum Gasteiger partial charge on any atom is 0.243 e. The van der Waals surface area contributed by atoms with Crippen LogP contribution in [0.5, 0.6) is 0 Å². The molecule has 2 heterocycles. The monoisotopic (exact) mass is 697 g/mol. The summed E-state index contributed by atoms with van der Waals surface area (Å²) in [4.78, 5) is 114. The Balaban J connectivity index is 2.57. The van der Waals surface area contributed by atoms with Gasteiger partial charge in [-0.2, -0.15) is 0 Å². The molecule has 0 aliphatic carbocycles. The fourth-order valence-corrected chi connectivity index (χ4v) is 5.74. The number of Topliss-reactive ketones (excluding diaryl/α,β-unsaturated/α-hetero) is 2. The lowest BCUT2D eigenvalue weighted by atomic mass is 9.81. The molecule has 19 nitrogen and oxygen atoms in total. The van der Waals surface area contributed by atoms with Crippen LogP contribution in [0.3, 0.4) is 0 Å². The Labute approximate surface area is 282 Å². The van der Waals surface area contributed by atoms with Crippen molar-refractivity contribution < 1.29 is 58.8 Å². The van der Waals surface area contributed by atoms with Crippen molar-refractivity contribution in [3.8, 4) is 0 Å². The average Bonchev–Trinajstić information content (AvgIpc) is 3.10. The van der Waals surface area contributed by atoms with Crippen LogP contribution in [-0.2, 0) is 43.2 Å². The van der Waals surface area contributed by atoms with Gasteiger partial charge in [-0.3, -0.25) is 58.8 Å².